The molecule has 21 heavy (non-hydrogen) atoms. The van der Waals surface area contributed by atoms with Gasteiger partial charge in [-0.3, -0.25) is 4.98 Å². The molecule has 0 spiro atoms. The van der Waals surface area contributed by atoms with Crippen LogP contribution in [0.3, 0.4) is 0 Å². The SMILES string of the molecule is CCNC(c1cncc(OCC)c1)c1ccc(Br)c(Cl)c1. The van der Waals surface area contributed by atoms with Crippen LogP contribution in [0.4, 0.5) is 0 Å². The van der Waals surface area contributed by atoms with E-state index in [1.54, 1.807) is 6.20 Å². The Kier molecular flexibility index (Phi) is 6.03. The van der Waals surface area contributed by atoms with Crippen LogP contribution in [0, 0.1) is 0 Å². The maximum Gasteiger partial charge on any atom is 0.137 e. The predicted octanol–water partition coefficient (Wildman–Crippen LogP) is 4.60. The molecule has 0 radical (unpaired) electrons. The topological polar surface area (TPSA) is 34.2 Å². The molecule has 112 valence electrons. The molecular formula is C16H18BrClN2O. The molecule has 0 fully saturated rings. The number of hydrogen-bond donors (Lipinski definition) is 1. The summed E-state index contributed by atoms with van der Waals surface area (Å²) < 4.78 is 6.42. The minimum absolute atomic E-state index is 0.0357. The molecule has 1 aromatic heterocycles. The summed E-state index contributed by atoms with van der Waals surface area (Å²) in [6.45, 7) is 5.51. The fourth-order valence-corrected chi connectivity index (χ4v) is 2.60. The first kappa shape index (κ1) is 16.3. The fourth-order valence-electron chi connectivity index (χ4n) is 2.16. The van der Waals surface area contributed by atoms with Crippen LogP contribution in [0.15, 0.2) is 41.1 Å². The van der Waals surface area contributed by atoms with E-state index in [0.717, 1.165) is 27.9 Å². The molecule has 0 bridgehead atoms. The van der Waals surface area contributed by atoms with Crippen molar-refractivity contribution in [3.05, 3.63) is 57.3 Å². The van der Waals surface area contributed by atoms with Crippen molar-refractivity contribution >= 4 is 27.5 Å². The molecule has 1 unspecified atom stereocenters. The maximum absolute atomic E-state index is 6.21. The van der Waals surface area contributed by atoms with Crippen molar-refractivity contribution in [1.82, 2.24) is 10.3 Å². The Morgan fingerprint density at radius 2 is 2.05 bits per heavy atom. The summed E-state index contributed by atoms with van der Waals surface area (Å²) in [5.74, 6) is 0.779. The molecule has 1 aromatic carbocycles. The lowest BCUT2D eigenvalue weighted by Gasteiger charge is -2.19. The molecular weight excluding hydrogens is 352 g/mol. The number of nitrogens with one attached hydrogen (secondary N) is 1. The van der Waals surface area contributed by atoms with Gasteiger partial charge in [-0.05, 0) is 58.7 Å². The molecule has 1 N–H and O–H groups in total. The number of hydrogen-bond acceptors (Lipinski definition) is 3. The Morgan fingerprint density at radius 3 is 2.71 bits per heavy atom. The van der Waals surface area contributed by atoms with E-state index in [9.17, 15) is 0 Å². The van der Waals surface area contributed by atoms with Gasteiger partial charge < -0.3 is 10.1 Å². The first-order valence-corrected chi connectivity index (χ1v) is 8.08. The lowest BCUT2D eigenvalue weighted by atomic mass is 10.00. The smallest absolute Gasteiger partial charge is 0.137 e. The molecule has 0 aliphatic heterocycles. The summed E-state index contributed by atoms with van der Waals surface area (Å²) in [6, 6.07) is 8.03. The van der Waals surface area contributed by atoms with Crippen molar-refractivity contribution in [2.45, 2.75) is 19.9 Å². The molecule has 0 saturated carbocycles. The summed E-state index contributed by atoms with van der Waals surface area (Å²) in [5.41, 5.74) is 2.15. The molecule has 5 heteroatoms. The van der Waals surface area contributed by atoms with Gasteiger partial charge in [0.15, 0.2) is 0 Å². The number of rotatable bonds is 6. The molecule has 1 atom stereocenters. The number of benzene rings is 1. The van der Waals surface area contributed by atoms with Gasteiger partial charge in [-0.15, -0.1) is 0 Å². The van der Waals surface area contributed by atoms with Gasteiger partial charge in [0.2, 0.25) is 0 Å². The van der Waals surface area contributed by atoms with E-state index in [2.05, 4.69) is 39.2 Å². The number of ether oxygens (including phenoxy) is 1. The summed E-state index contributed by atoms with van der Waals surface area (Å²) in [7, 11) is 0. The van der Waals surface area contributed by atoms with Crippen molar-refractivity contribution in [3.8, 4) is 5.75 Å². The Morgan fingerprint density at radius 1 is 1.24 bits per heavy atom. The average molecular weight is 370 g/mol. The third kappa shape index (κ3) is 4.19. The summed E-state index contributed by atoms with van der Waals surface area (Å²) in [5, 5.41) is 4.16. The Bertz CT molecular complexity index is 607. The summed E-state index contributed by atoms with van der Waals surface area (Å²) in [4.78, 5) is 4.26. The van der Waals surface area contributed by atoms with E-state index >= 15 is 0 Å². The monoisotopic (exact) mass is 368 g/mol. The van der Waals surface area contributed by atoms with Crippen molar-refractivity contribution in [2.75, 3.05) is 13.2 Å². The minimum Gasteiger partial charge on any atom is -0.492 e. The number of pyridine rings is 1. The standard InChI is InChI=1S/C16H18BrClN2O/c1-3-20-16(11-5-6-14(17)15(18)8-11)12-7-13(21-4-2)10-19-9-12/h5-10,16,20H,3-4H2,1-2H3. The zero-order valence-corrected chi connectivity index (χ0v) is 14.4. The van der Waals surface area contributed by atoms with Gasteiger partial charge in [0, 0.05) is 10.7 Å². The lowest BCUT2D eigenvalue weighted by molar-refractivity contribution is 0.338. The van der Waals surface area contributed by atoms with Crippen molar-refractivity contribution in [3.63, 3.8) is 0 Å². The van der Waals surface area contributed by atoms with Gasteiger partial charge in [0.05, 0.1) is 23.9 Å². The van der Waals surface area contributed by atoms with Crippen molar-refractivity contribution in [2.24, 2.45) is 0 Å². The maximum atomic E-state index is 6.21. The largest absolute Gasteiger partial charge is 0.492 e. The quantitative estimate of drug-likeness (QED) is 0.808. The zero-order chi connectivity index (χ0) is 15.2. The summed E-state index contributed by atoms with van der Waals surface area (Å²) >= 11 is 9.63. The normalized spacial score (nSPS) is 12.2. The molecule has 0 saturated heterocycles. The van der Waals surface area contributed by atoms with Crippen LogP contribution in [-0.2, 0) is 0 Å². The predicted molar refractivity (Wildman–Crippen MR) is 90.1 cm³/mol. The van der Waals surface area contributed by atoms with E-state index < -0.39 is 0 Å². The van der Waals surface area contributed by atoms with E-state index in [4.69, 9.17) is 16.3 Å². The first-order valence-electron chi connectivity index (χ1n) is 6.91. The highest BCUT2D eigenvalue weighted by molar-refractivity contribution is 9.10. The second-order valence-electron chi connectivity index (χ2n) is 4.55. The van der Waals surface area contributed by atoms with Gasteiger partial charge in [0.25, 0.3) is 0 Å². The molecule has 2 aromatic rings. The van der Waals surface area contributed by atoms with Crippen LogP contribution in [0.2, 0.25) is 5.02 Å². The Labute approximate surface area is 138 Å². The highest BCUT2D eigenvalue weighted by Crippen LogP contribution is 2.30. The molecule has 0 amide bonds. The third-order valence-corrected chi connectivity index (χ3v) is 4.30. The average Bonchev–Trinajstić information content (AvgIpc) is 2.48. The van der Waals surface area contributed by atoms with Gasteiger partial charge in [-0.1, -0.05) is 24.6 Å². The van der Waals surface area contributed by atoms with Gasteiger partial charge in [-0.2, -0.15) is 0 Å². The first-order chi connectivity index (χ1) is 10.2. The van der Waals surface area contributed by atoms with Crippen LogP contribution < -0.4 is 10.1 Å². The Balaban J connectivity index is 2.37. The van der Waals surface area contributed by atoms with Crippen molar-refractivity contribution in [1.29, 1.82) is 0 Å². The second kappa shape index (κ2) is 7.78. The molecule has 0 aliphatic carbocycles. The van der Waals surface area contributed by atoms with E-state index in [0.29, 0.717) is 11.6 Å². The van der Waals surface area contributed by atoms with E-state index in [1.807, 2.05) is 31.3 Å². The van der Waals surface area contributed by atoms with E-state index in [-0.39, 0.29) is 6.04 Å². The third-order valence-electron chi connectivity index (χ3n) is 3.06. The van der Waals surface area contributed by atoms with Crippen LogP contribution in [0.1, 0.15) is 31.0 Å². The fraction of sp³-hybridized carbons (Fsp3) is 0.312. The molecule has 1 heterocycles. The molecule has 3 nitrogen and oxygen atoms in total. The highest BCUT2D eigenvalue weighted by Gasteiger charge is 2.15. The second-order valence-corrected chi connectivity index (χ2v) is 5.81. The van der Waals surface area contributed by atoms with Crippen LogP contribution in [0.25, 0.3) is 0 Å². The highest BCUT2D eigenvalue weighted by atomic mass is 79.9. The zero-order valence-electron chi connectivity index (χ0n) is 12.1. The van der Waals surface area contributed by atoms with Crippen LogP contribution >= 0.6 is 27.5 Å². The van der Waals surface area contributed by atoms with Gasteiger partial charge >= 0.3 is 0 Å². The van der Waals surface area contributed by atoms with E-state index in [1.165, 1.54) is 0 Å². The van der Waals surface area contributed by atoms with Gasteiger partial charge in [-0.25, -0.2) is 0 Å². The van der Waals surface area contributed by atoms with Gasteiger partial charge in [0.1, 0.15) is 5.75 Å². The molecule has 0 aliphatic rings. The molecule has 2 rings (SSSR count). The Hall–Kier alpha value is -1.10. The number of halogens is 2. The lowest BCUT2D eigenvalue weighted by Crippen LogP contribution is -2.22. The van der Waals surface area contributed by atoms with Crippen LogP contribution in [-0.4, -0.2) is 18.1 Å². The summed E-state index contributed by atoms with van der Waals surface area (Å²) in [6.07, 6.45) is 3.58. The number of nitrogens with zero attached hydrogens (tertiary/aromatic N) is 1. The minimum atomic E-state index is 0.0357. The van der Waals surface area contributed by atoms with Crippen LogP contribution in [0.5, 0.6) is 5.75 Å². The van der Waals surface area contributed by atoms with Crippen molar-refractivity contribution < 1.29 is 4.74 Å². The number of aromatic nitrogens is 1.